The molecule has 1 saturated carbocycles. The number of nitrogens with zero attached hydrogens (tertiary/aromatic N) is 1. The molecule has 1 aliphatic carbocycles. The van der Waals surface area contributed by atoms with Crippen LogP contribution < -0.4 is 10.5 Å². The maximum absolute atomic E-state index is 12.4. The first-order valence-corrected chi connectivity index (χ1v) is 7.12. The van der Waals surface area contributed by atoms with Gasteiger partial charge in [0.25, 0.3) is 0 Å². The molecule has 4 nitrogen and oxygen atoms in total. The monoisotopic (exact) mass is 316 g/mol. The van der Waals surface area contributed by atoms with Crippen LogP contribution in [0.5, 0.6) is 5.75 Å². The number of carbonyl (C=O) groups excluding carboxylic acids is 1. The lowest BCUT2D eigenvalue weighted by molar-refractivity contribution is -0.275. The first kappa shape index (κ1) is 16.6. The zero-order chi connectivity index (χ0) is 16.3. The Kier molecular flexibility index (Phi) is 4.95. The molecule has 22 heavy (non-hydrogen) atoms. The topological polar surface area (TPSA) is 55.6 Å². The van der Waals surface area contributed by atoms with E-state index >= 15 is 0 Å². The van der Waals surface area contributed by atoms with Crippen LogP contribution in [-0.2, 0) is 11.3 Å². The van der Waals surface area contributed by atoms with Crippen molar-refractivity contribution in [3.8, 4) is 5.75 Å². The van der Waals surface area contributed by atoms with Gasteiger partial charge >= 0.3 is 6.36 Å². The first-order valence-electron chi connectivity index (χ1n) is 7.12. The Labute approximate surface area is 127 Å². The fourth-order valence-electron chi connectivity index (χ4n) is 2.77. The normalized spacial score (nSPS) is 21.7. The van der Waals surface area contributed by atoms with Crippen molar-refractivity contribution >= 4 is 5.91 Å². The number of alkyl halides is 3. The number of amides is 1. The lowest BCUT2D eigenvalue weighted by atomic mass is 10.0. The summed E-state index contributed by atoms with van der Waals surface area (Å²) in [6.07, 6.45) is -2.32. The summed E-state index contributed by atoms with van der Waals surface area (Å²) in [6.45, 7) is 0.0499. The van der Waals surface area contributed by atoms with Crippen molar-refractivity contribution in [2.75, 3.05) is 7.05 Å². The minimum absolute atomic E-state index is 0.0499. The molecule has 0 unspecified atom stereocenters. The molecular weight excluding hydrogens is 297 g/mol. The Bertz CT molecular complexity index is 534. The van der Waals surface area contributed by atoms with Crippen LogP contribution in [0.4, 0.5) is 13.2 Å². The van der Waals surface area contributed by atoms with E-state index in [2.05, 4.69) is 4.74 Å². The number of hydrogen-bond donors (Lipinski definition) is 1. The van der Waals surface area contributed by atoms with E-state index in [0.29, 0.717) is 5.56 Å². The molecule has 7 heteroatoms. The summed E-state index contributed by atoms with van der Waals surface area (Å²) in [6, 6.07) is 5.65. The van der Waals surface area contributed by atoms with E-state index in [0.717, 1.165) is 19.3 Å². The van der Waals surface area contributed by atoms with Gasteiger partial charge in [0.15, 0.2) is 0 Å². The van der Waals surface area contributed by atoms with E-state index in [1.165, 1.54) is 23.1 Å². The van der Waals surface area contributed by atoms with E-state index in [-0.39, 0.29) is 30.2 Å². The molecule has 1 fully saturated rings. The zero-order valence-electron chi connectivity index (χ0n) is 12.3. The van der Waals surface area contributed by atoms with E-state index in [1.54, 1.807) is 13.1 Å². The molecular formula is C15H19F3N2O2. The molecule has 2 N–H and O–H groups in total. The van der Waals surface area contributed by atoms with Crippen molar-refractivity contribution in [2.24, 2.45) is 11.7 Å². The van der Waals surface area contributed by atoms with Gasteiger partial charge in [-0.1, -0.05) is 24.6 Å². The van der Waals surface area contributed by atoms with Gasteiger partial charge in [0.2, 0.25) is 5.91 Å². The highest BCUT2D eigenvalue weighted by atomic mass is 19.4. The molecule has 0 aromatic heterocycles. The molecule has 1 aromatic carbocycles. The molecule has 2 atom stereocenters. The highest BCUT2D eigenvalue weighted by molar-refractivity contribution is 5.79. The third-order valence-electron chi connectivity index (χ3n) is 3.87. The lowest BCUT2D eigenvalue weighted by Crippen LogP contribution is -2.39. The lowest BCUT2D eigenvalue weighted by Gasteiger charge is -2.24. The highest BCUT2D eigenvalue weighted by Crippen LogP contribution is 2.29. The van der Waals surface area contributed by atoms with Gasteiger partial charge in [0, 0.05) is 25.2 Å². The number of nitrogens with two attached hydrogens (primary N) is 1. The van der Waals surface area contributed by atoms with E-state index in [9.17, 15) is 18.0 Å². The predicted octanol–water partition coefficient (Wildman–Crippen LogP) is 2.67. The minimum atomic E-state index is -4.76. The van der Waals surface area contributed by atoms with Gasteiger partial charge in [-0.3, -0.25) is 4.79 Å². The smallest absolute Gasteiger partial charge is 0.405 e. The molecule has 122 valence electrons. The molecule has 0 radical (unpaired) electrons. The number of rotatable bonds is 4. The van der Waals surface area contributed by atoms with Crippen molar-refractivity contribution in [1.82, 2.24) is 4.90 Å². The molecule has 0 spiro atoms. The Morgan fingerprint density at radius 2 is 2.05 bits per heavy atom. The van der Waals surface area contributed by atoms with Crippen LogP contribution in [0.25, 0.3) is 0 Å². The van der Waals surface area contributed by atoms with Crippen LogP contribution in [0.1, 0.15) is 24.8 Å². The number of benzene rings is 1. The third kappa shape index (κ3) is 4.13. The van der Waals surface area contributed by atoms with Crippen molar-refractivity contribution in [3.63, 3.8) is 0 Å². The first-order chi connectivity index (χ1) is 10.3. The highest BCUT2D eigenvalue weighted by Gasteiger charge is 2.34. The molecule has 0 saturated heterocycles. The summed E-state index contributed by atoms with van der Waals surface area (Å²) in [5.74, 6) is -0.669. The van der Waals surface area contributed by atoms with Crippen LogP contribution in [0.15, 0.2) is 24.3 Å². The van der Waals surface area contributed by atoms with Crippen LogP contribution in [0.3, 0.4) is 0 Å². The summed E-state index contributed by atoms with van der Waals surface area (Å²) in [4.78, 5) is 13.8. The van der Waals surface area contributed by atoms with Gasteiger partial charge in [-0.05, 0) is 18.9 Å². The van der Waals surface area contributed by atoms with Crippen molar-refractivity contribution in [2.45, 2.75) is 38.2 Å². The molecule has 0 bridgehead atoms. The summed E-state index contributed by atoms with van der Waals surface area (Å²) in [5, 5.41) is 0. The molecule has 2 rings (SSSR count). The van der Waals surface area contributed by atoms with Gasteiger partial charge in [0.05, 0.1) is 5.92 Å². The van der Waals surface area contributed by atoms with Crippen LogP contribution in [0.2, 0.25) is 0 Å². The van der Waals surface area contributed by atoms with Crippen molar-refractivity contribution in [3.05, 3.63) is 29.8 Å². The second-order valence-corrected chi connectivity index (χ2v) is 5.55. The van der Waals surface area contributed by atoms with Gasteiger partial charge in [0.1, 0.15) is 5.75 Å². The standard InChI is InChI=1S/C15H19F3N2O2/c1-20(14(21)11-6-4-7-12(11)19)9-10-5-2-3-8-13(10)22-15(16,17)18/h2-3,5,8,11-12H,4,6-7,9,19H2,1H3/t11-,12-/m1/s1. The maximum atomic E-state index is 12.4. The summed E-state index contributed by atoms with van der Waals surface area (Å²) in [7, 11) is 1.57. The zero-order valence-corrected chi connectivity index (χ0v) is 12.3. The van der Waals surface area contributed by atoms with Crippen molar-refractivity contribution < 1.29 is 22.7 Å². The predicted molar refractivity (Wildman–Crippen MR) is 74.9 cm³/mol. The fourth-order valence-corrected chi connectivity index (χ4v) is 2.77. The van der Waals surface area contributed by atoms with E-state index < -0.39 is 6.36 Å². The quantitative estimate of drug-likeness (QED) is 0.929. The Morgan fingerprint density at radius 1 is 1.36 bits per heavy atom. The van der Waals surface area contributed by atoms with Gasteiger partial charge in [-0.25, -0.2) is 0 Å². The van der Waals surface area contributed by atoms with Gasteiger partial charge in [-0.2, -0.15) is 0 Å². The molecule has 1 aliphatic rings. The largest absolute Gasteiger partial charge is 0.573 e. The second kappa shape index (κ2) is 6.56. The SMILES string of the molecule is CN(Cc1ccccc1OC(F)(F)F)C(=O)[C@@H]1CCC[C@H]1N. The minimum Gasteiger partial charge on any atom is -0.405 e. The van der Waals surface area contributed by atoms with Crippen LogP contribution in [0, 0.1) is 5.92 Å². The number of carbonyl (C=O) groups is 1. The second-order valence-electron chi connectivity index (χ2n) is 5.55. The van der Waals surface area contributed by atoms with Gasteiger partial charge in [-0.15, -0.1) is 13.2 Å². The summed E-state index contributed by atoms with van der Waals surface area (Å²) >= 11 is 0. The summed E-state index contributed by atoms with van der Waals surface area (Å²) < 4.78 is 41.2. The third-order valence-corrected chi connectivity index (χ3v) is 3.87. The van der Waals surface area contributed by atoms with E-state index in [4.69, 9.17) is 5.73 Å². The number of halogens is 3. The van der Waals surface area contributed by atoms with Gasteiger partial charge < -0.3 is 15.4 Å². The summed E-state index contributed by atoms with van der Waals surface area (Å²) in [5.41, 5.74) is 6.21. The Morgan fingerprint density at radius 3 is 2.64 bits per heavy atom. The number of para-hydroxylation sites is 1. The molecule has 0 aliphatic heterocycles. The maximum Gasteiger partial charge on any atom is 0.573 e. The van der Waals surface area contributed by atoms with Crippen molar-refractivity contribution in [1.29, 1.82) is 0 Å². The Balaban J connectivity index is 2.08. The van der Waals surface area contributed by atoms with Crippen LogP contribution in [-0.4, -0.2) is 30.3 Å². The average molecular weight is 316 g/mol. The molecule has 1 aromatic rings. The fraction of sp³-hybridized carbons (Fsp3) is 0.533. The number of ether oxygens (including phenoxy) is 1. The molecule has 0 heterocycles. The van der Waals surface area contributed by atoms with Crippen LogP contribution >= 0.6 is 0 Å². The average Bonchev–Trinajstić information content (AvgIpc) is 2.84. The Hall–Kier alpha value is -1.76. The molecule has 1 amide bonds. The number of hydrogen-bond acceptors (Lipinski definition) is 3. The van der Waals surface area contributed by atoms with E-state index in [1.807, 2.05) is 0 Å².